The molecular formula is C14H12F2N2O2. The molecule has 1 aromatic carbocycles. The number of nitrogens with zero attached hydrogens (tertiary/aromatic N) is 1. The lowest BCUT2D eigenvalue weighted by Gasteiger charge is -2.08. The van der Waals surface area contributed by atoms with Gasteiger partial charge in [0.1, 0.15) is 17.3 Å². The molecule has 0 amide bonds. The standard InChI is InChI=1S/C14H12F2N2O2/c1-20-14(19)13-7-11(4-5-17-13)18-8-9-2-3-10(15)6-12(9)16/h2-7H,8H2,1H3,(H,17,18). The third kappa shape index (κ3) is 3.28. The van der Waals surface area contributed by atoms with Crippen LogP contribution in [0.1, 0.15) is 16.1 Å². The summed E-state index contributed by atoms with van der Waals surface area (Å²) in [5, 5.41) is 2.93. The highest BCUT2D eigenvalue weighted by atomic mass is 19.1. The zero-order valence-electron chi connectivity index (χ0n) is 10.7. The number of hydrogen-bond donors (Lipinski definition) is 1. The Kier molecular flexibility index (Phi) is 4.24. The molecule has 0 aliphatic heterocycles. The molecule has 0 spiro atoms. The number of hydrogen-bond acceptors (Lipinski definition) is 4. The van der Waals surface area contributed by atoms with E-state index in [2.05, 4.69) is 15.0 Å². The van der Waals surface area contributed by atoms with Crippen LogP contribution in [-0.4, -0.2) is 18.1 Å². The predicted octanol–water partition coefficient (Wildman–Crippen LogP) is 2.76. The summed E-state index contributed by atoms with van der Waals surface area (Å²) in [6.45, 7) is 0.163. The lowest BCUT2D eigenvalue weighted by atomic mass is 10.2. The Labute approximate surface area is 114 Å². The average Bonchev–Trinajstić information content (AvgIpc) is 2.46. The van der Waals surface area contributed by atoms with Gasteiger partial charge in [-0.25, -0.2) is 18.6 Å². The number of anilines is 1. The van der Waals surface area contributed by atoms with E-state index in [-0.39, 0.29) is 12.2 Å². The molecule has 0 fully saturated rings. The van der Waals surface area contributed by atoms with E-state index in [4.69, 9.17) is 0 Å². The predicted molar refractivity (Wildman–Crippen MR) is 69.3 cm³/mol. The highest BCUT2D eigenvalue weighted by Gasteiger charge is 2.08. The van der Waals surface area contributed by atoms with Crippen LogP contribution in [0.5, 0.6) is 0 Å². The molecular weight excluding hydrogens is 266 g/mol. The topological polar surface area (TPSA) is 51.2 Å². The molecule has 2 rings (SSSR count). The normalized spacial score (nSPS) is 10.2. The maximum Gasteiger partial charge on any atom is 0.356 e. The van der Waals surface area contributed by atoms with Gasteiger partial charge in [-0.1, -0.05) is 6.07 Å². The monoisotopic (exact) mass is 278 g/mol. The first-order valence-corrected chi connectivity index (χ1v) is 5.82. The average molecular weight is 278 g/mol. The van der Waals surface area contributed by atoms with Gasteiger partial charge in [0.05, 0.1) is 7.11 Å². The van der Waals surface area contributed by atoms with Crippen molar-refractivity contribution in [2.45, 2.75) is 6.54 Å². The fraction of sp³-hybridized carbons (Fsp3) is 0.143. The maximum atomic E-state index is 13.4. The number of methoxy groups -OCH3 is 1. The van der Waals surface area contributed by atoms with Crippen LogP contribution in [0.25, 0.3) is 0 Å². The van der Waals surface area contributed by atoms with Crippen molar-refractivity contribution >= 4 is 11.7 Å². The van der Waals surface area contributed by atoms with Gasteiger partial charge in [-0.15, -0.1) is 0 Å². The molecule has 0 aliphatic carbocycles. The van der Waals surface area contributed by atoms with Crippen molar-refractivity contribution in [3.8, 4) is 0 Å². The van der Waals surface area contributed by atoms with Crippen LogP contribution in [0.2, 0.25) is 0 Å². The highest BCUT2D eigenvalue weighted by molar-refractivity contribution is 5.88. The fourth-order valence-corrected chi connectivity index (χ4v) is 1.62. The molecule has 20 heavy (non-hydrogen) atoms. The van der Waals surface area contributed by atoms with E-state index in [0.29, 0.717) is 11.3 Å². The number of aromatic nitrogens is 1. The van der Waals surface area contributed by atoms with Gasteiger partial charge in [-0.3, -0.25) is 0 Å². The van der Waals surface area contributed by atoms with Crippen molar-refractivity contribution in [3.63, 3.8) is 0 Å². The lowest BCUT2D eigenvalue weighted by Crippen LogP contribution is -2.06. The molecule has 0 saturated carbocycles. The van der Waals surface area contributed by atoms with E-state index in [1.54, 1.807) is 6.07 Å². The van der Waals surface area contributed by atoms with Crippen LogP contribution in [-0.2, 0) is 11.3 Å². The van der Waals surface area contributed by atoms with E-state index in [1.807, 2.05) is 0 Å². The van der Waals surface area contributed by atoms with Gasteiger partial charge in [0, 0.05) is 30.1 Å². The third-order valence-electron chi connectivity index (χ3n) is 2.65. The molecule has 0 atom stereocenters. The van der Waals surface area contributed by atoms with Crippen LogP contribution in [0.15, 0.2) is 36.5 Å². The van der Waals surface area contributed by atoms with Crippen LogP contribution >= 0.6 is 0 Å². The minimum Gasteiger partial charge on any atom is -0.464 e. The second kappa shape index (κ2) is 6.10. The van der Waals surface area contributed by atoms with E-state index in [9.17, 15) is 13.6 Å². The molecule has 0 aliphatic rings. The molecule has 1 N–H and O–H groups in total. The summed E-state index contributed by atoms with van der Waals surface area (Å²) in [5.74, 6) is -1.80. The van der Waals surface area contributed by atoms with Gasteiger partial charge in [0.2, 0.25) is 0 Å². The Hall–Kier alpha value is -2.50. The number of carbonyl (C=O) groups excluding carboxylic acids is 1. The van der Waals surface area contributed by atoms with Crippen LogP contribution < -0.4 is 5.32 Å². The van der Waals surface area contributed by atoms with Crippen LogP contribution in [0.4, 0.5) is 14.5 Å². The van der Waals surface area contributed by atoms with Crippen molar-refractivity contribution in [1.29, 1.82) is 0 Å². The number of pyridine rings is 1. The van der Waals surface area contributed by atoms with Gasteiger partial charge in [0.25, 0.3) is 0 Å². The molecule has 0 unspecified atom stereocenters. The number of carbonyl (C=O) groups is 1. The number of rotatable bonds is 4. The SMILES string of the molecule is COC(=O)c1cc(NCc2ccc(F)cc2F)ccn1. The summed E-state index contributed by atoms with van der Waals surface area (Å²) >= 11 is 0. The Bertz CT molecular complexity index is 632. The molecule has 1 heterocycles. The maximum absolute atomic E-state index is 13.4. The number of halogens is 2. The Morgan fingerprint density at radius 2 is 2.10 bits per heavy atom. The molecule has 1 aromatic heterocycles. The van der Waals surface area contributed by atoms with Crippen LogP contribution in [0.3, 0.4) is 0 Å². The number of ether oxygens (including phenoxy) is 1. The summed E-state index contributed by atoms with van der Waals surface area (Å²) < 4.78 is 30.8. The molecule has 6 heteroatoms. The molecule has 2 aromatic rings. The smallest absolute Gasteiger partial charge is 0.356 e. The minimum absolute atomic E-state index is 0.150. The lowest BCUT2D eigenvalue weighted by molar-refractivity contribution is 0.0594. The van der Waals surface area contributed by atoms with Gasteiger partial charge >= 0.3 is 5.97 Å². The van der Waals surface area contributed by atoms with E-state index in [1.165, 1.54) is 31.5 Å². The Morgan fingerprint density at radius 1 is 1.30 bits per heavy atom. The molecule has 0 saturated heterocycles. The van der Waals surface area contributed by atoms with Crippen molar-refractivity contribution < 1.29 is 18.3 Å². The Balaban J connectivity index is 2.09. The third-order valence-corrected chi connectivity index (χ3v) is 2.65. The van der Waals surface area contributed by atoms with Crippen molar-refractivity contribution in [2.75, 3.05) is 12.4 Å². The number of nitrogens with one attached hydrogen (secondary N) is 1. The van der Waals surface area contributed by atoms with Gasteiger partial charge < -0.3 is 10.1 Å². The van der Waals surface area contributed by atoms with Crippen molar-refractivity contribution in [2.24, 2.45) is 0 Å². The summed E-state index contributed by atoms with van der Waals surface area (Å²) in [7, 11) is 1.26. The molecule has 4 nitrogen and oxygen atoms in total. The van der Waals surface area contributed by atoms with Gasteiger partial charge in [0.15, 0.2) is 0 Å². The first kappa shape index (κ1) is 13.9. The number of benzene rings is 1. The first-order valence-electron chi connectivity index (χ1n) is 5.82. The van der Waals surface area contributed by atoms with Gasteiger partial charge in [-0.2, -0.15) is 0 Å². The van der Waals surface area contributed by atoms with Gasteiger partial charge in [-0.05, 0) is 18.2 Å². The largest absolute Gasteiger partial charge is 0.464 e. The zero-order valence-corrected chi connectivity index (χ0v) is 10.7. The van der Waals surface area contributed by atoms with E-state index < -0.39 is 17.6 Å². The molecule has 104 valence electrons. The second-order valence-electron chi connectivity index (χ2n) is 4.01. The van der Waals surface area contributed by atoms with E-state index in [0.717, 1.165) is 6.07 Å². The number of esters is 1. The first-order chi connectivity index (χ1) is 9.60. The molecule has 0 bridgehead atoms. The van der Waals surface area contributed by atoms with Crippen LogP contribution in [0, 0.1) is 11.6 Å². The summed E-state index contributed by atoms with van der Waals surface area (Å²) in [5.41, 5.74) is 1.06. The fourth-order valence-electron chi connectivity index (χ4n) is 1.62. The molecule has 0 radical (unpaired) electrons. The highest BCUT2D eigenvalue weighted by Crippen LogP contribution is 2.14. The van der Waals surface area contributed by atoms with Crippen molar-refractivity contribution in [3.05, 3.63) is 59.4 Å². The summed E-state index contributed by atoms with van der Waals surface area (Å²) in [6.07, 6.45) is 1.44. The zero-order chi connectivity index (χ0) is 14.5. The van der Waals surface area contributed by atoms with Crippen molar-refractivity contribution in [1.82, 2.24) is 4.98 Å². The summed E-state index contributed by atoms with van der Waals surface area (Å²) in [6, 6.07) is 6.50. The van der Waals surface area contributed by atoms with E-state index >= 15 is 0 Å². The second-order valence-corrected chi connectivity index (χ2v) is 4.01. The minimum atomic E-state index is -0.625. The Morgan fingerprint density at radius 3 is 2.80 bits per heavy atom. The quantitative estimate of drug-likeness (QED) is 0.874. The summed E-state index contributed by atoms with van der Waals surface area (Å²) in [4.78, 5) is 15.2.